The largest absolute Gasteiger partial charge is 0.361 e. The van der Waals surface area contributed by atoms with Gasteiger partial charge in [0.25, 0.3) is 5.91 Å². The summed E-state index contributed by atoms with van der Waals surface area (Å²) in [7, 11) is 0. The Morgan fingerprint density at radius 1 is 1.11 bits per heavy atom. The van der Waals surface area contributed by atoms with Gasteiger partial charge in [-0.25, -0.2) is 0 Å². The lowest BCUT2D eigenvalue weighted by molar-refractivity contribution is 0.102. The van der Waals surface area contributed by atoms with Gasteiger partial charge in [0.1, 0.15) is 5.76 Å². The molecule has 0 saturated heterocycles. The summed E-state index contributed by atoms with van der Waals surface area (Å²) in [4.78, 5) is 13.7. The maximum absolute atomic E-state index is 12.8. The standard InChI is InChI=1S/C22H24N2O2S/c1-14(2)17-9-11-18(12-10-17)23-22(25)19-7-5-6-8-21(19)27-13-20-15(3)24-26-16(20)4/h5-12,14H,13H2,1-4H3,(H,23,25). The van der Waals surface area contributed by atoms with E-state index in [0.29, 0.717) is 17.2 Å². The topological polar surface area (TPSA) is 55.1 Å². The molecule has 27 heavy (non-hydrogen) atoms. The number of benzene rings is 2. The third kappa shape index (κ3) is 4.61. The first-order valence-corrected chi connectivity index (χ1v) is 9.99. The van der Waals surface area contributed by atoms with Crippen LogP contribution >= 0.6 is 11.8 Å². The Labute approximate surface area is 164 Å². The van der Waals surface area contributed by atoms with Gasteiger partial charge in [0.05, 0.1) is 11.3 Å². The summed E-state index contributed by atoms with van der Waals surface area (Å²) in [5, 5.41) is 6.99. The molecule has 140 valence electrons. The van der Waals surface area contributed by atoms with Crippen molar-refractivity contribution in [1.29, 1.82) is 0 Å². The molecular formula is C22H24N2O2S. The number of hydrogen-bond acceptors (Lipinski definition) is 4. The summed E-state index contributed by atoms with van der Waals surface area (Å²) in [6, 6.07) is 15.7. The van der Waals surface area contributed by atoms with E-state index in [0.717, 1.165) is 27.6 Å². The molecule has 1 N–H and O–H groups in total. The number of thioether (sulfide) groups is 1. The van der Waals surface area contributed by atoms with Crippen molar-refractivity contribution in [2.45, 2.75) is 44.3 Å². The molecule has 1 heterocycles. The minimum atomic E-state index is -0.103. The summed E-state index contributed by atoms with van der Waals surface area (Å²) in [5.74, 6) is 1.91. The molecule has 3 rings (SSSR count). The molecule has 0 saturated carbocycles. The van der Waals surface area contributed by atoms with Gasteiger partial charge in [0.2, 0.25) is 0 Å². The van der Waals surface area contributed by atoms with Crippen molar-refractivity contribution in [1.82, 2.24) is 5.16 Å². The van der Waals surface area contributed by atoms with E-state index in [1.165, 1.54) is 5.56 Å². The van der Waals surface area contributed by atoms with Crippen molar-refractivity contribution in [2.24, 2.45) is 0 Å². The number of aromatic nitrogens is 1. The van der Waals surface area contributed by atoms with Crippen LogP contribution in [0.4, 0.5) is 5.69 Å². The second-order valence-electron chi connectivity index (χ2n) is 6.82. The van der Waals surface area contributed by atoms with Gasteiger partial charge in [0, 0.05) is 21.9 Å². The Balaban J connectivity index is 1.73. The Morgan fingerprint density at radius 3 is 2.44 bits per heavy atom. The SMILES string of the molecule is Cc1noc(C)c1CSc1ccccc1C(=O)Nc1ccc(C(C)C)cc1. The van der Waals surface area contributed by atoms with Crippen molar-refractivity contribution in [3.63, 3.8) is 0 Å². The summed E-state index contributed by atoms with van der Waals surface area (Å²) in [6.07, 6.45) is 0. The Hall–Kier alpha value is -2.53. The Bertz CT molecular complexity index is 910. The molecule has 0 unspecified atom stereocenters. The van der Waals surface area contributed by atoms with Crippen LogP contribution < -0.4 is 5.32 Å². The van der Waals surface area contributed by atoms with Gasteiger partial charge in [-0.05, 0) is 49.6 Å². The molecule has 0 atom stereocenters. The van der Waals surface area contributed by atoms with Crippen LogP contribution in [0.15, 0.2) is 57.9 Å². The number of nitrogens with zero attached hydrogens (tertiary/aromatic N) is 1. The van der Waals surface area contributed by atoms with Gasteiger partial charge >= 0.3 is 0 Å². The van der Waals surface area contributed by atoms with Crippen LogP contribution in [0.5, 0.6) is 0 Å². The lowest BCUT2D eigenvalue weighted by atomic mass is 10.0. The normalized spacial score (nSPS) is 11.0. The quantitative estimate of drug-likeness (QED) is 0.536. The number of hydrogen-bond donors (Lipinski definition) is 1. The van der Waals surface area contributed by atoms with Gasteiger partial charge < -0.3 is 9.84 Å². The number of carbonyl (C=O) groups excluding carboxylic acids is 1. The highest BCUT2D eigenvalue weighted by molar-refractivity contribution is 7.98. The van der Waals surface area contributed by atoms with Gasteiger partial charge in [-0.1, -0.05) is 43.3 Å². The predicted octanol–water partition coefficient (Wildman–Crippen LogP) is 5.96. The molecule has 0 fully saturated rings. The third-order valence-corrected chi connectivity index (χ3v) is 5.62. The average molecular weight is 381 g/mol. The zero-order chi connectivity index (χ0) is 19.4. The van der Waals surface area contributed by atoms with Crippen molar-refractivity contribution < 1.29 is 9.32 Å². The number of rotatable bonds is 6. The predicted molar refractivity (Wildman–Crippen MR) is 110 cm³/mol. The highest BCUT2D eigenvalue weighted by atomic mass is 32.2. The van der Waals surface area contributed by atoms with Crippen molar-refractivity contribution in [2.75, 3.05) is 5.32 Å². The number of nitrogens with one attached hydrogen (secondary N) is 1. The molecular weight excluding hydrogens is 356 g/mol. The molecule has 5 heteroatoms. The molecule has 0 aliphatic heterocycles. The molecule has 1 aromatic heterocycles. The van der Waals surface area contributed by atoms with Crippen LogP contribution in [0.2, 0.25) is 0 Å². The molecule has 0 bridgehead atoms. The molecule has 3 aromatic rings. The summed E-state index contributed by atoms with van der Waals surface area (Å²) in [6.45, 7) is 8.15. The van der Waals surface area contributed by atoms with Crippen LogP contribution in [0.1, 0.15) is 52.7 Å². The first-order chi connectivity index (χ1) is 13.0. The van der Waals surface area contributed by atoms with E-state index >= 15 is 0 Å². The molecule has 0 aliphatic carbocycles. The van der Waals surface area contributed by atoms with Crippen LogP contribution in [-0.4, -0.2) is 11.1 Å². The number of aryl methyl sites for hydroxylation is 2. The van der Waals surface area contributed by atoms with Crippen molar-refractivity contribution in [3.8, 4) is 0 Å². The number of carbonyl (C=O) groups is 1. The maximum atomic E-state index is 12.8. The molecule has 0 aliphatic rings. The second-order valence-corrected chi connectivity index (χ2v) is 7.84. The minimum Gasteiger partial charge on any atom is -0.361 e. The molecule has 0 spiro atoms. The Kier molecular flexibility index (Phi) is 6.01. The highest BCUT2D eigenvalue weighted by Crippen LogP contribution is 2.29. The lowest BCUT2D eigenvalue weighted by Gasteiger charge is -2.11. The fourth-order valence-corrected chi connectivity index (χ4v) is 3.99. The molecule has 2 aromatic carbocycles. The number of amides is 1. The first-order valence-electron chi connectivity index (χ1n) is 9.00. The minimum absolute atomic E-state index is 0.103. The van der Waals surface area contributed by atoms with Crippen LogP contribution in [0.25, 0.3) is 0 Å². The van der Waals surface area contributed by atoms with E-state index < -0.39 is 0 Å². The third-order valence-electron chi connectivity index (χ3n) is 4.52. The molecule has 1 amide bonds. The summed E-state index contributed by atoms with van der Waals surface area (Å²) in [5.41, 5.74) is 4.70. The zero-order valence-electron chi connectivity index (χ0n) is 16.1. The smallest absolute Gasteiger partial charge is 0.256 e. The van der Waals surface area contributed by atoms with E-state index in [2.05, 4.69) is 36.5 Å². The van der Waals surface area contributed by atoms with Gasteiger partial charge in [-0.3, -0.25) is 4.79 Å². The highest BCUT2D eigenvalue weighted by Gasteiger charge is 2.14. The molecule has 0 radical (unpaired) electrons. The van der Waals surface area contributed by atoms with Gasteiger partial charge in [-0.2, -0.15) is 0 Å². The second kappa shape index (κ2) is 8.44. The molecule has 4 nitrogen and oxygen atoms in total. The van der Waals surface area contributed by atoms with Crippen LogP contribution in [-0.2, 0) is 5.75 Å². The Morgan fingerprint density at radius 2 is 1.81 bits per heavy atom. The first kappa shape index (κ1) is 19.2. The van der Waals surface area contributed by atoms with Gasteiger partial charge in [0.15, 0.2) is 0 Å². The number of anilines is 1. The van der Waals surface area contributed by atoms with Crippen LogP contribution in [0.3, 0.4) is 0 Å². The fraction of sp³-hybridized carbons (Fsp3) is 0.273. The van der Waals surface area contributed by atoms with Crippen LogP contribution in [0, 0.1) is 13.8 Å². The van der Waals surface area contributed by atoms with E-state index in [1.807, 2.05) is 50.2 Å². The van der Waals surface area contributed by atoms with Gasteiger partial charge in [-0.15, -0.1) is 11.8 Å². The summed E-state index contributed by atoms with van der Waals surface area (Å²) < 4.78 is 5.22. The fourth-order valence-electron chi connectivity index (χ4n) is 2.79. The van der Waals surface area contributed by atoms with Crippen molar-refractivity contribution in [3.05, 3.63) is 76.7 Å². The monoisotopic (exact) mass is 380 g/mol. The van der Waals surface area contributed by atoms with E-state index in [9.17, 15) is 4.79 Å². The lowest BCUT2D eigenvalue weighted by Crippen LogP contribution is -2.13. The van der Waals surface area contributed by atoms with E-state index in [1.54, 1.807) is 11.8 Å². The van der Waals surface area contributed by atoms with E-state index in [4.69, 9.17) is 4.52 Å². The zero-order valence-corrected chi connectivity index (χ0v) is 16.9. The average Bonchev–Trinajstić information content (AvgIpc) is 2.98. The van der Waals surface area contributed by atoms with Crippen molar-refractivity contribution >= 4 is 23.4 Å². The van der Waals surface area contributed by atoms with E-state index in [-0.39, 0.29) is 5.91 Å². The maximum Gasteiger partial charge on any atom is 0.256 e. The summed E-state index contributed by atoms with van der Waals surface area (Å²) >= 11 is 1.62.